The Morgan fingerprint density at radius 2 is 2.00 bits per heavy atom. The summed E-state index contributed by atoms with van der Waals surface area (Å²) in [5.74, 6) is -0.840. The number of hydrogen-bond acceptors (Lipinski definition) is 3. The molecular formula is C15H16ClNO2S. The van der Waals surface area contributed by atoms with Gasteiger partial charge in [0.2, 0.25) is 0 Å². The summed E-state index contributed by atoms with van der Waals surface area (Å²) in [6, 6.07) is 5.71. The van der Waals surface area contributed by atoms with Gasteiger partial charge in [-0.2, -0.15) is 0 Å². The van der Waals surface area contributed by atoms with E-state index in [9.17, 15) is 9.90 Å². The highest BCUT2D eigenvalue weighted by atomic mass is 35.5. The summed E-state index contributed by atoms with van der Waals surface area (Å²) in [5.41, 5.74) is 9.22. The van der Waals surface area contributed by atoms with Gasteiger partial charge in [-0.15, -0.1) is 11.3 Å². The van der Waals surface area contributed by atoms with E-state index in [2.05, 4.69) is 0 Å². The zero-order valence-electron chi connectivity index (χ0n) is 11.5. The Bertz CT molecular complexity index is 657. The van der Waals surface area contributed by atoms with Crippen LogP contribution < -0.4 is 5.73 Å². The largest absolute Gasteiger partial charge is 0.477 e. The molecule has 0 fully saturated rings. The van der Waals surface area contributed by atoms with Crippen LogP contribution in [0.25, 0.3) is 10.4 Å². The molecule has 1 heterocycles. The number of halogens is 1. The third-order valence-corrected chi connectivity index (χ3v) is 4.54. The van der Waals surface area contributed by atoms with Crippen LogP contribution in [-0.2, 0) is 0 Å². The Balaban J connectivity index is 2.72. The van der Waals surface area contributed by atoms with Gasteiger partial charge in [-0.3, -0.25) is 0 Å². The molecule has 0 aliphatic carbocycles. The normalized spacial score (nSPS) is 11.1. The predicted molar refractivity (Wildman–Crippen MR) is 85.0 cm³/mol. The van der Waals surface area contributed by atoms with Crippen LogP contribution in [0.5, 0.6) is 0 Å². The van der Waals surface area contributed by atoms with Crippen molar-refractivity contribution in [3.05, 3.63) is 39.2 Å². The fraction of sp³-hybridized carbons (Fsp3) is 0.267. The molecule has 3 nitrogen and oxygen atoms in total. The van der Waals surface area contributed by atoms with Gasteiger partial charge in [0.1, 0.15) is 4.88 Å². The van der Waals surface area contributed by atoms with Gasteiger partial charge in [0.15, 0.2) is 0 Å². The highest BCUT2D eigenvalue weighted by molar-refractivity contribution is 7.18. The SMILES string of the molecule is Cc1cc(Cl)cc(-c2sc(C(=O)O)c(N)c2C(C)C)c1. The lowest BCUT2D eigenvalue weighted by Gasteiger charge is -2.10. The average Bonchev–Trinajstić information content (AvgIpc) is 2.65. The third-order valence-electron chi connectivity index (χ3n) is 3.06. The molecule has 0 amide bonds. The van der Waals surface area contributed by atoms with Gasteiger partial charge in [-0.05, 0) is 41.7 Å². The summed E-state index contributed by atoms with van der Waals surface area (Å²) < 4.78 is 0. The van der Waals surface area contributed by atoms with E-state index in [4.69, 9.17) is 17.3 Å². The first kappa shape index (κ1) is 14.9. The van der Waals surface area contributed by atoms with Crippen LogP contribution in [-0.4, -0.2) is 11.1 Å². The predicted octanol–water partition coefficient (Wildman–Crippen LogP) is 4.78. The molecular weight excluding hydrogens is 294 g/mol. The quantitative estimate of drug-likeness (QED) is 0.857. The second kappa shape index (κ2) is 5.46. The second-order valence-corrected chi connectivity index (χ2v) is 6.52. The first-order valence-corrected chi connectivity index (χ1v) is 7.43. The molecule has 0 saturated carbocycles. The van der Waals surface area contributed by atoms with Crippen molar-refractivity contribution in [3.8, 4) is 10.4 Å². The van der Waals surface area contributed by atoms with Crippen molar-refractivity contribution in [1.82, 2.24) is 0 Å². The van der Waals surface area contributed by atoms with E-state index in [0.717, 1.165) is 21.6 Å². The van der Waals surface area contributed by atoms with Gasteiger partial charge >= 0.3 is 5.97 Å². The first-order chi connectivity index (χ1) is 9.31. The molecule has 0 unspecified atom stereocenters. The molecule has 3 N–H and O–H groups in total. The lowest BCUT2D eigenvalue weighted by atomic mass is 9.97. The molecule has 20 heavy (non-hydrogen) atoms. The number of nitrogen functional groups attached to an aromatic ring is 1. The molecule has 106 valence electrons. The fourth-order valence-corrected chi connectivity index (χ4v) is 3.76. The molecule has 0 bridgehead atoms. The van der Waals surface area contributed by atoms with Gasteiger partial charge in [0.05, 0.1) is 5.69 Å². The second-order valence-electron chi connectivity index (χ2n) is 5.06. The molecule has 0 radical (unpaired) electrons. The maximum Gasteiger partial charge on any atom is 0.348 e. The Hall–Kier alpha value is -1.52. The summed E-state index contributed by atoms with van der Waals surface area (Å²) in [6.07, 6.45) is 0. The van der Waals surface area contributed by atoms with Crippen LogP contribution in [0.1, 0.15) is 40.6 Å². The topological polar surface area (TPSA) is 63.3 Å². The number of benzene rings is 1. The third kappa shape index (κ3) is 2.67. The summed E-state index contributed by atoms with van der Waals surface area (Å²) in [7, 11) is 0. The van der Waals surface area contributed by atoms with Gasteiger partial charge in [0, 0.05) is 9.90 Å². The summed E-state index contributed by atoms with van der Waals surface area (Å²) in [4.78, 5) is 12.4. The van der Waals surface area contributed by atoms with Crippen LogP contribution in [0.2, 0.25) is 5.02 Å². The maximum absolute atomic E-state index is 11.3. The van der Waals surface area contributed by atoms with Gasteiger partial charge in [0.25, 0.3) is 0 Å². The highest BCUT2D eigenvalue weighted by Gasteiger charge is 2.23. The van der Waals surface area contributed by atoms with E-state index in [1.807, 2.05) is 39.0 Å². The van der Waals surface area contributed by atoms with Crippen molar-refractivity contribution in [3.63, 3.8) is 0 Å². The van der Waals surface area contributed by atoms with Crippen molar-refractivity contribution in [2.45, 2.75) is 26.7 Å². The number of rotatable bonds is 3. The van der Waals surface area contributed by atoms with E-state index in [1.54, 1.807) is 0 Å². The number of anilines is 1. The van der Waals surface area contributed by atoms with Gasteiger partial charge < -0.3 is 10.8 Å². The number of carbonyl (C=O) groups is 1. The molecule has 0 aliphatic heterocycles. The van der Waals surface area contributed by atoms with Crippen molar-refractivity contribution < 1.29 is 9.90 Å². The van der Waals surface area contributed by atoms with E-state index in [-0.39, 0.29) is 10.8 Å². The lowest BCUT2D eigenvalue weighted by Crippen LogP contribution is -2.00. The standard InChI is InChI=1S/C15H16ClNO2S/c1-7(2)11-12(17)14(15(18)19)20-13(11)9-4-8(3)5-10(16)6-9/h4-7H,17H2,1-3H3,(H,18,19). The Labute approximate surface area is 127 Å². The van der Waals surface area contributed by atoms with Crippen LogP contribution in [0.4, 0.5) is 5.69 Å². The zero-order valence-corrected chi connectivity index (χ0v) is 13.1. The number of hydrogen-bond donors (Lipinski definition) is 2. The van der Waals surface area contributed by atoms with Crippen LogP contribution >= 0.6 is 22.9 Å². The number of nitrogens with two attached hydrogens (primary N) is 1. The molecule has 0 atom stereocenters. The summed E-state index contributed by atoms with van der Waals surface area (Å²) >= 11 is 7.31. The van der Waals surface area contributed by atoms with Crippen LogP contribution in [0.15, 0.2) is 18.2 Å². The van der Waals surface area contributed by atoms with Crippen molar-refractivity contribution >= 4 is 34.6 Å². The number of aromatic carboxylic acids is 1. The molecule has 5 heteroatoms. The highest BCUT2D eigenvalue weighted by Crippen LogP contribution is 2.43. The van der Waals surface area contributed by atoms with E-state index < -0.39 is 5.97 Å². The fourth-order valence-electron chi connectivity index (χ4n) is 2.27. The van der Waals surface area contributed by atoms with Crippen molar-refractivity contribution in [2.24, 2.45) is 0 Å². The van der Waals surface area contributed by atoms with Crippen LogP contribution in [0.3, 0.4) is 0 Å². The Kier molecular flexibility index (Phi) is 4.06. The maximum atomic E-state index is 11.3. The molecule has 2 aromatic rings. The molecule has 0 spiro atoms. The lowest BCUT2D eigenvalue weighted by molar-refractivity contribution is 0.0703. The minimum absolute atomic E-state index is 0.147. The number of aryl methyl sites for hydroxylation is 1. The molecule has 2 rings (SSSR count). The van der Waals surface area contributed by atoms with E-state index in [0.29, 0.717) is 10.7 Å². The number of thiophene rings is 1. The molecule has 1 aromatic carbocycles. The average molecular weight is 310 g/mol. The monoisotopic (exact) mass is 309 g/mol. The minimum atomic E-state index is -0.987. The Morgan fingerprint density at radius 1 is 1.35 bits per heavy atom. The van der Waals surface area contributed by atoms with E-state index in [1.165, 1.54) is 11.3 Å². The zero-order chi connectivity index (χ0) is 15.0. The summed E-state index contributed by atoms with van der Waals surface area (Å²) in [6.45, 7) is 5.97. The molecule has 0 saturated heterocycles. The summed E-state index contributed by atoms with van der Waals surface area (Å²) in [5, 5.41) is 9.88. The van der Waals surface area contributed by atoms with Gasteiger partial charge in [-0.1, -0.05) is 31.5 Å². The van der Waals surface area contributed by atoms with Crippen molar-refractivity contribution in [2.75, 3.05) is 5.73 Å². The Morgan fingerprint density at radius 3 is 2.50 bits per heavy atom. The van der Waals surface area contributed by atoms with Crippen molar-refractivity contribution in [1.29, 1.82) is 0 Å². The number of carboxylic acid groups (broad SMARTS) is 1. The smallest absolute Gasteiger partial charge is 0.348 e. The molecule has 1 aromatic heterocycles. The molecule has 0 aliphatic rings. The van der Waals surface area contributed by atoms with Crippen LogP contribution in [0, 0.1) is 6.92 Å². The van der Waals surface area contributed by atoms with E-state index >= 15 is 0 Å². The number of carboxylic acids is 1. The van der Waals surface area contributed by atoms with Gasteiger partial charge in [-0.25, -0.2) is 4.79 Å². The minimum Gasteiger partial charge on any atom is -0.477 e. The first-order valence-electron chi connectivity index (χ1n) is 6.24.